The van der Waals surface area contributed by atoms with E-state index in [1.54, 1.807) is 6.20 Å². The standard InChI is InChI=1S/C19H22N6/c1-3-5-15-17-18(25(2)24-15)19(21-14-8-9-14)23-16(22-17)10-7-13-6-4-11-20-12-13/h4,6-7,10-12,14H,3,5,8-9H2,1-2H3,(H,21,22,23)/b10-7+. The smallest absolute Gasteiger partial charge is 0.156 e. The van der Waals surface area contributed by atoms with Crippen LogP contribution in [0.1, 0.15) is 43.3 Å². The van der Waals surface area contributed by atoms with E-state index < -0.39 is 0 Å². The highest BCUT2D eigenvalue weighted by molar-refractivity contribution is 5.89. The Kier molecular flexibility index (Phi) is 4.17. The summed E-state index contributed by atoms with van der Waals surface area (Å²) in [4.78, 5) is 13.7. The Morgan fingerprint density at radius 1 is 1.28 bits per heavy atom. The molecule has 1 aliphatic carbocycles. The maximum atomic E-state index is 4.78. The number of nitrogens with zero attached hydrogens (tertiary/aromatic N) is 5. The summed E-state index contributed by atoms with van der Waals surface area (Å²) in [5, 5.41) is 8.20. The normalized spacial score (nSPS) is 14.5. The summed E-state index contributed by atoms with van der Waals surface area (Å²) in [6.45, 7) is 2.16. The Balaban J connectivity index is 1.78. The molecule has 0 unspecified atom stereocenters. The minimum absolute atomic E-state index is 0.526. The van der Waals surface area contributed by atoms with E-state index in [1.807, 2.05) is 42.2 Å². The lowest BCUT2D eigenvalue weighted by molar-refractivity contribution is 0.752. The van der Waals surface area contributed by atoms with E-state index in [0.29, 0.717) is 11.9 Å². The van der Waals surface area contributed by atoms with E-state index in [1.165, 1.54) is 12.8 Å². The van der Waals surface area contributed by atoms with E-state index in [-0.39, 0.29) is 0 Å². The monoisotopic (exact) mass is 334 g/mol. The summed E-state index contributed by atoms with van der Waals surface area (Å²) in [5.41, 5.74) is 4.02. The van der Waals surface area contributed by atoms with Gasteiger partial charge < -0.3 is 5.32 Å². The van der Waals surface area contributed by atoms with Crippen molar-refractivity contribution in [3.05, 3.63) is 41.6 Å². The molecule has 3 heterocycles. The predicted molar refractivity (Wildman–Crippen MR) is 100 cm³/mol. The molecule has 3 aromatic heterocycles. The highest BCUT2D eigenvalue weighted by atomic mass is 15.3. The van der Waals surface area contributed by atoms with Crippen molar-refractivity contribution in [1.82, 2.24) is 24.7 Å². The van der Waals surface area contributed by atoms with Crippen LogP contribution in [-0.4, -0.2) is 30.8 Å². The molecule has 1 aliphatic rings. The molecule has 3 aromatic rings. The van der Waals surface area contributed by atoms with Gasteiger partial charge in [-0.3, -0.25) is 9.67 Å². The van der Waals surface area contributed by atoms with Crippen LogP contribution >= 0.6 is 0 Å². The van der Waals surface area contributed by atoms with Gasteiger partial charge in [-0.1, -0.05) is 19.4 Å². The summed E-state index contributed by atoms with van der Waals surface area (Å²) < 4.78 is 1.90. The molecule has 1 saturated carbocycles. The van der Waals surface area contributed by atoms with Crippen LogP contribution in [0, 0.1) is 0 Å². The SMILES string of the molecule is CCCc1nn(C)c2c(NC3CC3)nc(/C=C/c3cccnc3)nc12. The third-order valence-corrected chi connectivity index (χ3v) is 4.28. The molecular formula is C19H22N6. The van der Waals surface area contributed by atoms with Crippen molar-refractivity contribution in [2.24, 2.45) is 7.05 Å². The predicted octanol–water partition coefficient (Wildman–Crippen LogP) is 3.46. The van der Waals surface area contributed by atoms with Gasteiger partial charge in [-0.05, 0) is 43.0 Å². The second kappa shape index (κ2) is 6.63. The van der Waals surface area contributed by atoms with Crippen molar-refractivity contribution in [1.29, 1.82) is 0 Å². The van der Waals surface area contributed by atoms with Crippen LogP contribution in [0.2, 0.25) is 0 Å². The zero-order valence-electron chi connectivity index (χ0n) is 14.6. The average Bonchev–Trinajstić information content (AvgIpc) is 3.38. The molecule has 0 amide bonds. The van der Waals surface area contributed by atoms with Gasteiger partial charge in [-0.2, -0.15) is 5.10 Å². The molecule has 25 heavy (non-hydrogen) atoms. The molecule has 6 nitrogen and oxygen atoms in total. The van der Waals surface area contributed by atoms with Crippen LogP contribution in [0.3, 0.4) is 0 Å². The van der Waals surface area contributed by atoms with Crippen LogP contribution in [0.25, 0.3) is 23.2 Å². The number of pyridine rings is 1. The first kappa shape index (κ1) is 15.7. The summed E-state index contributed by atoms with van der Waals surface area (Å²) >= 11 is 0. The van der Waals surface area contributed by atoms with Crippen LogP contribution in [0.15, 0.2) is 24.5 Å². The van der Waals surface area contributed by atoms with Gasteiger partial charge in [0.15, 0.2) is 11.6 Å². The minimum Gasteiger partial charge on any atom is -0.365 e. The molecule has 0 aliphatic heterocycles. The van der Waals surface area contributed by atoms with Crippen molar-refractivity contribution in [3.63, 3.8) is 0 Å². The maximum absolute atomic E-state index is 4.78. The Morgan fingerprint density at radius 2 is 2.16 bits per heavy atom. The number of hydrogen-bond acceptors (Lipinski definition) is 5. The zero-order valence-corrected chi connectivity index (χ0v) is 14.6. The first-order valence-corrected chi connectivity index (χ1v) is 8.83. The Morgan fingerprint density at radius 3 is 2.88 bits per heavy atom. The first-order valence-electron chi connectivity index (χ1n) is 8.83. The van der Waals surface area contributed by atoms with Gasteiger partial charge in [0.05, 0.1) is 5.69 Å². The van der Waals surface area contributed by atoms with Gasteiger partial charge in [-0.25, -0.2) is 9.97 Å². The van der Waals surface area contributed by atoms with Gasteiger partial charge >= 0.3 is 0 Å². The van der Waals surface area contributed by atoms with E-state index in [0.717, 1.165) is 41.0 Å². The molecule has 0 bridgehead atoms. The van der Waals surface area contributed by atoms with Crippen molar-refractivity contribution >= 4 is 29.0 Å². The fourth-order valence-corrected chi connectivity index (χ4v) is 2.91. The van der Waals surface area contributed by atoms with Crippen LogP contribution in [-0.2, 0) is 13.5 Å². The fraction of sp³-hybridized carbons (Fsp3) is 0.368. The molecule has 128 valence electrons. The third kappa shape index (κ3) is 3.38. The Hall–Kier alpha value is -2.76. The Labute approximate surface area is 147 Å². The molecule has 4 rings (SSSR count). The number of anilines is 1. The van der Waals surface area contributed by atoms with Crippen molar-refractivity contribution < 1.29 is 0 Å². The van der Waals surface area contributed by atoms with E-state index in [4.69, 9.17) is 9.97 Å². The number of aromatic nitrogens is 5. The van der Waals surface area contributed by atoms with Crippen molar-refractivity contribution in [2.75, 3.05) is 5.32 Å². The van der Waals surface area contributed by atoms with Gasteiger partial charge in [0.2, 0.25) is 0 Å². The van der Waals surface area contributed by atoms with Crippen LogP contribution in [0.5, 0.6) is 0 Å². The zero-order chi connectivity index (χ0) is 17.2. The second-order valence-electron chi connectivity index (χ2n) is 6.49. The molecule has 0 saturated heterocycles. The van der Waals surface area contributed by atoms with Gasteiger partial charge in [0.25, 0.3) is 0 Å². The number of rotatable bonds is 6. The molecule has 1 N–H and O–H groups in total. The van der Waals surface area contributed by atoms with Gasteiger partial charge in [-0.15, -0.1) is 0 Å². The summed E-state index contributed by atoms with van der Waals surface area (Å²) in [7, 11) is 1.97. The summed E-state index contributed by atoms with van der Waals surface area (Å²) in [6.07, 6.45) is 11.9. The van der Waals surface area contributed by atoms with Gasteiger partial charge in [0.1, 0.15) is 11.0 Å². The van der Waals surface area contributed by atoms with Gasteiger partial charge in [0, 0.05) is 25.5 Å². The molecule has 6 heteroatoms. The molecular weight excluding hydrogens is 312 g/mol. The lowest BCUT2D eigenvalue weighted by atomic mass is 10.2. The topological polar surface area (TPSA) is 68.5 Å². The summed E-state index contributed by atoms with van der Waals surface area (Å²) in [5.74, 6) is 1.58. The quantitative estimate of drug-likeness (QED) is 0.748. The summed E-state index contributed by atoms with van der Waals surface area (Å²) in [6, 6.07) is 4.46. The number of aryl methyl sites for hydroxylation is 2. The van der Waals surface area contributed by atoms with Crippen LogP contribution < -0.4 is 5.32 Å². The van der Waals surface area contributed by atoms with Crippen molar-refractivity contribution in [2.45, 2.75) is 38.6 Å². The maximum Gasteiger partial charge on any atom is 0.156 e. The third-order valence-electron chi connectivity index (χ3n) is 4.28. The fourth-order valence-electron chi connectivity index (χ4n) is 2.91. The minimum atomic E-state index is 0.526. The molecule has 0 radical (unpaired) electrons. The highest BCUT2D eigenvalue weighted by Crippen LogP contribution is 2.29. The molecule has 1 fully saturated rings. The first-order chi connectivity index (χ1) is 12.2. The number of nitrogens with one attached hydrogen (secondary N) is 1. The van der Waals surface area contributed by atoms with Crippen molar-refractivity contribution in [3.8, 4) is 0 Å². The molecule has 0 aromatic carbocycles. The number of hydrogen-bond donors (Lipinski definition) is 1. The lowest BCUT2D eigenvalue weighted by Crippen LogP contribution is -2.07. The average molecular weight is 334 g/mol. The van der Waals surface area contributed by atoms with Crippen LogP contribution in [0.4, 0.5) is 5.82 Å². The van der Waals surface area contributed by atoms with E-state index >= 15 is 0 Å². The van der Waals surface area contributed by atoms with E-state index in [2.05, 4.69) is 22.3 Å². The second-order valence-corrected chi connectivity index (χ2v) is 6.49. The highest BCUT2D eigenvalue weighted by Gasteiger charge is 2.24. The lowest BCUT2D eigenvalue weighted by Gasteiger charge is -2.07. The number of fused-ring (bicyclic) bond motifs is 1. The molecule has 0 spiro atoms. The largest absolute Gasteiger partial charge is 0.365 e. The Bertz CT molecular complexity index is 909. The van der Waals surface area contributed by atoms with E-state index in [9.17, 15) is 0 Å². The molecule has 0 atom stereocenters.